The van der Waals surface area contributed by atoms with E-state index in [0.717, 1.165) is 24.3 Å². The first-order chi connectivity index (χ1) is 15.9. The normalized spacial score (nSPS) is 23.5. The van der Waals surface area contributed by atoms with Crippen LogP contribution >= 0.6 is 11.6 Å². The Bertz CT molecular complexity index is 1220. The van der Waals surface area contributed by atoms with E-state index in [1.807, 2.05) is 38.4 Å². The molecular weight excluding hydrogens is 440 g/mol. The Hall–Kier alpha value is -3.10. The molecule has 33 heavy (non-hydrogen) atoms. The van der Waals surface area contributed by atoms with Gasteiger partial charge in [-0.25, -0.2) is 9.97 Å². The number of nitrogens with one attached hydrogen (secondary N) is 2. The van der Waals surface area contributed by atoms with E-state index >= 15 is 0 Å². The van der Waals surface area contributed by atoms with Gasteiger partial charge in [0.05, 0.1) is 22.8 Å². The monoisotopic (exact) mass is 466 g/mol. The molecule has 1 saturated carbocycles. The summed E-state index contributed by atoms with van der Waals surface area (Å²) in [4.78, 5) is 26.7. The number of amides is 1. The third-order valence-electron chi connectivity index (χ3n) is 6.49. The van der Waals surface area contributed by atoms with E-state index in [0.29, 0.717) is 34.3 Å². The number of halogens is 1. The number of nitrogens with zero attached hydrogens (tertiary/aromatic N) is 3. The number of carbonyl (C=O) groups is 1. The van der Waals surface area contributed by atoms with Crippen LogP contribution in [0.2, 0.25) is 5.02 Å². The number of H-pyrrole nitrogens is 1. The summed E-state index contributed by atoms with van der Waals surface area (Å²) in [5, 5.41) is 3.97. The Morgan fingerprint density at radius 3 is 2.94 bits per heavy atom. The van der Waals surface area contributed by atoms with Crippen LogP contribution in [0.4, 0.5) is 5.69 Å². The molecule has 4 N–H and O–H groups in total. The van der Waals surface area contributed by atoms with Crippen LogP contribution in [0.3, 0.4) is 0 Å². The lowest BCUT2D eigenvalue weighted by atomic mass is 9.88. The van der Waals surface area contributed by atoms with Gasteiger partial charge in [0, 0.05) is 18.2 Å². The molecule has 172 valence electrons. The Morgan fingerprint density at radius 2 is 2.15 bits per heavy atom. The van der Waals surface area contributed by atoms with Gasteiger partial charge in [0.2, 0.25) is 5.91 Å². The lowest BCUT2D eigenvalue weighted by Crippen LogP contribution is -2.41. The molecule has 0 radical (unpaired) electrons. The number of ether oxygens (including phenoxy) is 1. The van der Waals surface area contributed by atoms with Crippen molar-refractivity contribution < 1.29 is 9.53 Å². The summed E-state index contributed by atoms with van der Waals surface area (Å²) in [7, 11) is 4.02. The molecule has 2 bridgehead atoms. The first-order valence-electron chi connectivity index (χ1n) is 11.1. The van der Waals surface area contributed by atoms with Crippen molar-refractivity contribution in [2.45, 2.75) is 12.5 Å². The van der Waals surface area contributed by atoms with Crippen molar-refractivity contribution in [3.63, 3.8) is 0 Å². The first kappa shape index (κ1) is 21.7. The summed E-state index contributed by atoms with van der Waals surface area (Å²) in [6.07, 6.45) is 6.77. The van der Waals surface area contributed by atoms with Crippen molar-refractivity contribution in [2.75, 3.05) is 32.6 Å². The second-order valence-corrected chi connectivity index (χ2v) is 9.40. The van der Waals surface area contributed by atoms with E-state index in [-0.39, 0.29) is 29.7 Å². The maximum absolute atomic E-state index is 12.1. The minimum Gasteiger partial charge on any atom is -0.492 e. The summed E-state index contributed by atoms with van der Waals surface area (Å²) in [6.45, 7) is 1.43. The molecule has 4 atom stereocenters. The highest BCUT2D eigenvalue weighted by Gasteiger charge is 2.47. The summed E-state index contributed by atoms with van der Waals surface area (Å²) >= 11 is 6.54. The van der Waals surface area contributed by atoms with Crippen molar-refractivity contribution in [2.24, 2.45) is 23.5 Å². The van der Waals surface area contributed by atoms with Gasteiger partial charge in [0.1, 0.15) is 23.7 Å². The minimum atomic E-state index is -0.290. The number of carbonyl (C=O) groups excluding carboxylic acids is 1. The van der Waals surface area contributed by atoms with Crippen LogP contribution < -0.4 is 15.8 Å². The molecule has 2 heterocycles. The topological polar surface area (TPSA) is 109 Å². The molecule has 2 aliphatic rings. The number of fused-ring (bicyclic) bond motifs is 3. The second kappa shape index (κ2) is 8.68. The van der Waals surface area contributed by atoms with Gasteiger partial charge < -0.3 is 25.7 Å². The van der Waals surface area contributed by atoms with Crippen LogP contribution in [0.25, 0.3) is 22.6 Å². The molecule has 9 heteroatoms. The molecule has 2 aliphatic carbocycles. The average molecular weight is 467 g/mol. The fourth-order valence-electron chi connectivity index (χ4n) is 4.86. The zero-order valence-corrected chi connectivity index (χ0v) is 19.3. The molecular formula is C24H27ClN6O2. The van der Waals surface area contributed by atoms with Crippen LogP contribution in [0.5, 0.6) is 5.75 Å². The Balaban J connectivity index is 1.45. The highest BCUT2D eigenvalue weighted by atomic mass is 35.5. The predicted octanol–water partition coefficient (Wildman–Crippen LogP) is 3.31. The molecule has 5 rings (SSSR count). The summed E-state index contributed by atoms with van der Waals surface area (Å²) in [5.74, 6) is 1.30. The first-order valence-corrected chi connectivity index (χ1v) is 11.4. The third kappa shape index (κ3) is 4.16. The van der Waals surface area contributed by atoms with E-state index in [1.165, 1.54) is 0 Å². The average Bonchev–Trinajstić information content (AvgIpc) is 3.50. The van der Waals surface area contributed by atoms with Gasteiger partial charge in [-0.05, 0) is 44.5 Å². The number of hydrogen-bond acceptors (Lipinski definition) is 6. The van der Waals surface area contributed by atoms with E-state index in [4.69, 9.17) is 22.1 Å². The van der Waals surface area contributed by atoms with Crippen molar-refractivity contribution in [3.05, 3.63) is 47.6 Å². The second-order valence-electron chi connectivity index (χ2n) is 8.99. The molecule has 4 unspecified atom stereocenters. The number of pyridine rings is 1. The molecule has 0 spiro atoms. The number of anilines is 1. The Morgan fingerprint density at radius 1 is 1.33 bits per heavy atom. The number of benzene rings is 1. The zero-order valence-electron chi connectivity index (χ0n) is 18.6. The minimum absolute atomic E-state index is 0.110. The van der Waals surface area contributed by atoms with Gasteiger partial charge in [-0.2, -0.15) is 0 Å². The molecule has 1 aromatic carbocycles. The fourth-order valence-corrected chi connectivity index (χ4v) is 5.06. The van der Waals surface area contributed by atoms with Crippen molar-refractivity contribution >= 4 is 34.4 Å². The number of allylic oxidation sites excluding steroid dienone is 1. The van der Waals surface area contributed by atoms with Crippen molar-refractivity contribution in [1.82, 2.24) is 19.9 Å². The van der Waals surface area contributed by atoms with Crippen LogP contribution in [-0.4, -0.2) is 59.0 Å². The highest BCUT2D eigenvalue weighted by molar-refractivity contribution is 6.34. The highest BCUT2D eigenvalue weighted by Crippen LogP contribution is 2.46. The van der Waals surface area contributed by atoms with E-state index in [2.05, 4.69) is 37.3 Å². The maximum atomic E-state index is 12.1. The Labute approximate surface area is 197 Å². The van der Waals surface area contributed by atoms with Gasteiger partial charge in [-0.3, -0.25) is 4.79 Å². The van der Waals surface area contributed by atoms with Gasteiger partial charge in [0.15, 0.2) is 5.65 Å². The number of nitrogens with two attached hydrogens (primary N) is 1. The molecule has 2 aromatic heterocycles. The van der Waals surface area contributed by atoms with Gasteiger partial charge in [-0.15, -0.1) is 0 Å². The van der Waals surface area contributed by atoms with E-state index in [9.17, 15) is 4.79 Å². The van der Waals surface area contributed by atoms with Crippen LogP contribution in [-0.2, 0) is 4.79 Å². The molecule has 3 aromatic rings. The number of hydrogen-bond donors (Lipinski definition) is 3. The SMILES string of the molecule is CN(C)CCOc1cccc(-c2nc3ncc(Cl)c(NC4C5C=CC(C5)C4C(N)=O)c3[nH]2)c1. The standard InChI is InChI=1S/C24H27ClN6O2/c1-31(2)8-9-33-16-5-3-4-15(11-16)23-29-21-20(17(25)12-27-24(21)30-23)28-19-14-7-6-13(10-14)18(19)22(26)32/h3-7,11-14,18-19H,8-10H2,1-2H3,(H2,26,32)(H2,27,28,29,30). The largest absolute Gasteiger partial charge is 0.492 e. The van der Waals surface area contributed by atoms with E-state index in [1.54, 1.807) is 6.20 Å². The summed E-state index contributed by atoms with van der Waals surface area (Å²) < 4.78 is 5.86. The van der Waals surface area contributed by atoms with Gasteiger partial charge >= 0.3 is 0 Å². The predicted molar refractivity (Wildman–Crippen MR) is 129 cm³/mol. The maximum Gasteiger partial charge on any atom is 0.223 e. The lowest BCUT2D eigenvalue weighted by molar-refractivity contribution is -0.122. The molecule has 8 nitrogen and oxygen atoms in total. The quantitative estimate of drug-likeness (QED) is 0.439. The molecule has 1 amide bonds. The number of primary amides is 1. The third-order valence-corrected chi connectivity index (χ3v) is 6.77. The molecule has 1 fully saturated rings. The molecule has 0 aliphatic heterocycles. The lowest BCUT2D eigenvalue weighted by Gasteiger charge is -2.28. The van der Waals surface area contributed by atoms with Gasteiger partial charge in [0.25, 0.3) is 0 Å². The molecule has 0 saturated heterocycles. The van der Waals surface area contributed by atoms with E-state index < -0.39 is 0 Å². The number of rotatable bonds is 8. The summed E-state index contributed by atoms with van der Waals surface area (Å²) in [5.41, 5.74) is 8.55. The Kier molecular flexibility index (Phi) is 5.72. The van der Waals surface area contributed by atoms with Crippen molar-refractivity contribution in [1.29, 1.82) is 0 Å². The zero-order chi connectivity index (χ0) is 23.1. The number of aromatic nitrogens is 3. The van der Waals surface area contributed by atoms with Crippen LogP contribution in [0, 0.1) is 17.8 Å². The van der Waals surface area contributed by atoms with Gasteiger partial charge in [-0.1, -0.05) is 35.9 Å². The van der Waals surface area contributed by atoms with Crippen LogP contribution in [0.1, 0.15) is 6.42 Å². The number of likely N-dealkylation sites (N-methyl/N-ethyl adjacent to an activating group) is 1. The summed E-state index contributed by atoms with van der Waals surface area (Å²) in [6, 6.07) is 7.67. The van der Waals surface area contributed by atoms with Crippen molar-refractivity contribution in [3.8, 4) is 17.1 Å². The fraction of sp³-hybridized carbons (Fsp3) is 0.375. The smallest absolute Gasteiger partial charge is 0.223 e. The number of imidazole rings is 1. The van der Waals surface area contributed by atoms with Crippen LogP contribution in [0.15, 0.2) is 42.6 Å². The number of aromatic amines is 1.